The molecule has 1 aliphatic heterocycles. The van der Waals surface area contributed by atoms with Gasteiger partial charge in [-0.25, -0.2) is 8.78 Å². The molecule has 1 aliphatic rings. The van der Waals surface area contributed by atoms with Crippen LogP contribution >= 0.6 is 12.4 Å². The zero-order chi connectivity index (χ0) is 16.2. The molecule has 0 amide bonds. The summed E-state index contributed by atoms with van der Waals surface area (Å²) in [4.78, 5) is 1.72. The minimum Gasteiger partial charge on any atom is -0.491 e. The van der Waals surface area contributed by atoms with E-state index >= 15 is 0 Å². The predicted octanol–water partition coefficient (Wildman–Crippen LogP) is 2.47. The average Bonchev–Trinajstić information content (AvgIpc) is 2.49. The first-order chi connectivity index (χ1) is 10.5. The van der Waals surface area contributed by atoms with Gasteiger partial charge in [0.15, 0.2) is 0 Å². The molecule has 1 aromatic carbocycles. The quantitative estimate of drug-likeness (QED) is 0.827. The molecule has 1 heterocycles. The molecule has 2 rings (SSSR count). The van der Waals surface area contributed by atoms with Crippen LogP contribution in [0.3, 0.4) is 0 Å². The maximum Gasteiger partial charge on any atom is 0.290 e. The highest BCUT2D eigenvalue weighted by molar-refractivity contribution is 5.85. The van der Waals surface area contributed by atoms with Crippen LogP contribution in [0.4, 0.5) is 8.78 Å². The predicted molar refractivity (Wildman–Crippen MR) is 88.7 cm³/mol. The number of alkyl halides is 2. The van der Waals surface area contributed by atoms with Crippen LogP contribution in [0.1, 0.15) is 25.5 Å². The van der Waals surface area contributed by atoms with Crippen LogP contribution in [0.2, 0.25) is 0 Å². The number of hydrogen-bond acceptors (Lipinski definition) is 4. The van der Waals surface area contributed by atoms with E-state index in [1.165, 1.54) is 0 Å². The fourth-order valence-corrected chi connectivity index (χ4v) is 2.79. The number of ether oxygens (including phenoxy) is 1. The summed E-state index contributed by atoms with van der Waals surface area (Å²) in [6.07, 6.45) is -0.104. The molecule has 0 unspecified atom stereocenters. The monoisotopic (exact) mass is 350 g/mol. The zero-order valence-electron chi connectivity index (χ0n) is 13.5. The van der Waals surface area contributed by atoms with Crippen molar-refractivity contribution in [3.8, 4) is 5.75 Å². The summed E-state index contributed by atoms with van der Waals surface area (Å²) in [7, 11) is 0. The average molecular weight is 351 g/mol. The van der Waals surface area contributed by atoms with Gasteiger partial charge in [-0.05, 0) is 19.9 Å². The highest BCUT2D eigenvalue weighted by Crippen LogP contribution is 2.40. The fraction of sp³-hybridized carbons (Fsp3) is 0.625. The van der Waals surface area contributed by atoms with E-state index in [4.69, 9.17) is 4.74 Å². The lowest BCUT2D eigenvalue weighted by Crippen LogP contribution is -2.51. The van der Waals surface area contributed by atoms with Gasteiger partial charge in [-0.3, -0.25) is 4.90 Å². The van der Waals surface area contributed by atoms with Gasteiger partial charge >= 0.3 is 0 Å². The summed E-state index contributed by atoms with van der Waals surface area (Å²) in [5.41, 5.74) is 0.428. The molecule has 0 bridgehead atoms. The second kappa shape index (κ2) is 8.78. The van der Waals surface area contributed by atoms with Crippen LogP contribution in [0.5, 0.6) is 5.75 Å². The Hall–Kier alpha value is -0.950. The molecule has 0 spiro atoms. The maximum atomic E-state index is 14.4. The standard InChI is InChI=1S/C16H24F2N2O2.ClH/c1-12(2)22-14-6-4-3-5-13(14)15(16(17,18)11-21)20-9-7-19-8-10-20;/h3-6,12,15,19,21H,7-11H2,1-2H3;1H/t15-;/m1./s1. The summed E-state index contributed by atoms with van der Waals surface area (Å²) in [5, 5.41) is 12.4. The topological polar surface area (TPSA) is 44.7 Å². The van der Waals surface area contributed by atoms with Crippen molar-refractivity contribution in [1.29, 1.82) is 0 Å². The van der Waals surface area contributed by atoms with Crippen LogP contribution in [-0.2, 0) is 0 Å². The number of hydrogen-bond donors (Lipinski definition) is 2. The molecule has 7 heteroatoms. The van der Waals surface area contributed by atoms with Crippen molar-refractivity contribution < 1.29 is 18.6 Å². The summed E-state index contributed by atoms with van der Waals surface area (Å²) in [5.74, 6) is -2.78. The molecule has 132 valence electrons. The number of nitrogens with zero attached hydrogens (tertiary/aromatic N) is 1. The van der Waals surface area contributed by atoms with Crippen LogP contribution in [0.25, 0.3) is 0 Å². The van der Waals surface area contributed by atoms with Gasteiger partial charge in [-0.1, -0.05) is 18.2 Å². The molecule has 1 saturated heterocycles. The highest BCUT2D eigenvalue weighted by Gasteiger charge is 2.45. The third kappa shape index (κ3) is 5.01. The second-order valence-electron chi connectivity index (χ2n) is 5.81. The first-order valence-electron chi connectivity index (χ1n) is 7.64. The van der Waals surface area contributed by atoms with Crippen LogP contribution in [-0.4, -0.2) is 54.8 Å². The van der Waals surface area contributed by atoms with E-state index in [1.807, 2.05) is 13.8 Å². The van der Waals surface area contributed by atoms with Crippen molar-refractivity contribution in [2.75, 3.05) is 32.8 Å². The lowest BCUT2D eigenvalue weighted by atomic mass is 9.97. The van der Waals surface area contributed by atoms with Crippen molar-refractivity contribution in [2.45, 2.75) is 31.9 Å². The number of rotatable bonds is 6. The molecule has 0 aromatic heterocycles. The van der Waals surface area contributed by atoms with E-state index in [2.05, 4.69) is 5.32 Å². The van der Waals surface area contributed by atoms with Gasteiger partial charge in [0, 0.05) is 31.7 Å². The number of aliphatic hydroxyl groups is 1. The first-order valence-corrected chi connectivity index (χ1v) is 7.64. The van der Waals surface area contributed by atoms with Gasteiger partial charge < -0.3 is 15.2 Å². The minimum atomic E-state index is -3.23. The Bertz CT molecular complexity index is 483. The molecule has 1 atom stereocenters. The van der Waals surface area contributed by atoms with Crippen molar-refractivity contribution in [3.05, 3.63) is 29.8 Å². The molecule has 0 aliphatic carbocycles. The number of nitrogens with one attached hydrogen (secondary N) is 1. The molecule has 0 radical (unpaired) electrons. The largest absolute Gasteiger partial charge is 0.491 e. The van der Waals surface area contributed by atoms with Crippen LogP contribution in [0, 0.1) is 0 Å². The minimum absolute atomic E-state index is 0. The lowest BCUT2D eigenvalue weighted by molar-refractivity contribution is -0.119. The molecule has 23 heavy (non-hydrogen) atoms. The first kappa shape index (κ1) is 20.1. The van der Waals surface area contributed by atoms with Crippen molar-refractivity contribution in [2.24, 2.45) is 0 Å². The SMILES string of the molecule is CC(C)Oc1ccccc1[C@@H](N1CCNCC1)C(F)(F)CO.Cl. The third-order valence-corrected chi connectivity index (χ3v) is 3.70. The van der Waals surface area contributed by atoms with Crippen molar-refractivity contribution in [1.82, 2.24) is 10.2 Å². The maximum absolute atomic E-state index is 14.4. The Morgan fingerprint density at radius 3 is 2.43 bits per heavy atom. The molecule has 2 N–H and O–H groups in total. The van der Waals surface area contributed by atoms with Gasteiger partial charge in [0.1, 0.15) is 18.4 Å². The van der Waals surface area contributed by atoms with Gasteiger partial charge in [0.25, 0.3) is 5.92 Å². The van der Waals surface area contributed by atoms with Crippen molar-refractivity contribution >= 4 is 12.4 Å². The van der Waals surface area contributed by atoms with Crippen LogP contribution in [0.15, 0.2) is 24.3 Å². The van der Waals surface area contributed by atoms with Gasteiger partial charge in [0.2, 0.25) is 0 Å². The number of aliphatic hydroxyl groups excluding tert-OH is 1. The number of halogens is 3. The van der Waals surface area contributed by atoms with E-state index in [-0.39, 0.29) is 18.5 Å². The zero-order valence-corrected chi connectivity index (χ0v) is 14.3. The van der Waals surface area contributed by atoms with E-state index in [0.717, 1.165) is 0 Å². The van der Waals surface area contributed by atoms with E-state index in [9.17, 15) is 13.9 Å². The summed E-state index contributed by atoms with van der Waals surface area (Å²) in [6, 6.07) is 5.68. The molecule has 4 nitrogen and oxygen atoms in total. The molecular formula is C16H25ClF2N2O2. The summed E-state index contributed by atoms with van der Waals surface area (Å²) < 4.78 is 34.6. The normalized spacial score (nSPS) is 17.7. The molecular weight excluding hydrogens is 326 g/mol. The highest BCUT2D eigenvalue weighted by atomic mass is 35.5. The van der Waals surface area contributed by atoms with Gasteiger partial charge in [-0.2, -0.15) is 0 Å². The Balaban J connectivity index is 0.00000264. The number of benzene rings is 1. The van der Waals surface area contributed by atoms with Crippen molar-refractivity contribution in [3.63, 3.8) is 0 Å². The smallest absolute Gasteiger partial charge is 0.290 e. The summed E-state index contributed by atoms with van der Waals surface area (Å²) >= 11 is 0. The molecule has 0 saturated carbocycles. The lowest BCUT2D eigenvalue weighted by Gasteiger charge is -2.39. The van der Waals surface area contributed by atoms with E-state index in [0.29, 0.717) is 37.5 Å². The Kier molecular flexibility index (Phi) is 7.67. The number of para-hydroxylation sites is 1. The summed E-state index contributed by atoms with van der Waals surface area (Å²) in [6.45, 7) is 4.88. The molecule has 1 aromatic rings. The Labute approximate surface area is 142 Å². The third-order valence-electron chi connectivity index (χ3n) is 3.70. The van der Waals surface area contributed by atoms with Gasteiger partial charge in [-0.15, -0.1) is 12.4 Å². The van der Waals surface area contributed by atoms with E-state index < -0.39 is 18.6 Å². The molecule has 1 fully saturated rings. The van der Waals surface area contributed by atoms with E-state index in [1.54, 1.807) is 29.2 Å². The number of piperazine rings is 1. The second-order valence-corrected chi connectivity index (χ2v) is 5.81. The Morgan fingerprint density at radius 2 is 1.87 bits per heavy atom. The Morgan fingerprint density at radius 1 is 1.26 bits per heavy atom. The fourth-order valence-electron chi connectivity index (χ4n) is 2.79. The van der Waals surface area contributed by atoms with Crippen LogP contribution < -0.4 is 10.1 Å². The van der Waals surface area contributed by atoms with Gasteiger partial charge in [0.05, 0.1) is 6.10 Å².